The van der Waals surface area contributed by atoms with Gasteiger partial charge in [0.2, 0.25) is 5.91 Å². The quantitative estimate of drug-likeness (QED) is 0.866. The largest absolute Gasteiger partial charge is 0.370 e. The molecule has 1 aliphatic carbocycles. The van der Waals surface area contributed by atoms with E-state index < -0.39 is 15.8 Å². The zero-order valence-corrected chi connectivity index (χ0v) is 14.9. The smallest absolute Gasteiger partial charge is 0.228 e. The zero-order valence-electron chi connectivity index (χ0n) is 14.1. The molecular formula is C17H26N2O3S. The van der Waals surface area contributed by atoms with Gasteiger partial charge in [0.25, 0.3) is 0 Å². The van der Waals surface area contributed by atoms with E-state index >= 15 is 0 Å². The lowest BCUT2D eigenvalue weighted by Gasteiger charge is -2.29. The number of hydrogen-bond acceptors (Lipinski definition) is 4. The average molecular weight is 338 g/mol. The Labute approximate surface area is 139 Å². The molecule has 0 spiro atoms. The minimum atomic E-state index is -3.17. The topological polar surface area (TPSA) is 66.5 Å². The van der Waals surface area contributed by atoms with Crippen LogP contribution in [0.1, 0.15) is 32.6 Å². The summed E-state index contributed by atoms with van der Waals surface area (Å²) in [4.78, 5) is 14.5. The molecule has 0 bridgehead atoms. The monoisotopic (exact) mass is 338 g/mol. The predicted molar refractivity (Wildman–Crippen MR) is 94.6 cm³/mol. The lowest BCUT2D eigenvalue weighted by atomic mass is 10.1. The van der Waals surface area contributed by atoms with Crippen LogP contribution in [0.25, 0.3) is 0 Å². The molecule has 5 nitrogen and oxygen atoms in total. The maximum atomic E-state index is 12.3. The number of amides is 1. The second kappa shape index (κ2) is 7.34. The highest BCUT2D eigenvalue weighted by atomic mass is 32.2. The molecule has 0 aliphatic heterocycles. The normalized spacial score (nSPS) is 17.0. The van der Waals surface area contributed by atoms with Crippen LogP contribution in [0.3, 0.4) is 0 Å². The van der Waals surface area contributed by atoms with Crippen LogP contribution in [-0.4, -0.2) is 39.4 Å². The lowest BCUT2D eigenvalue weighted by molar-refractivity contribution is -0.118. The number of carbonyl (C=O) groups is 1. The SMILES string of the molecule is CC(CS(C)(=O)=O)C(=O)Nc1ccccc1N(C)C1CCCC1. The lowest BCUT2D eigenvalue weighted by Crippen LogP contribution is -2.31. The highest BCUT2D eigenvalue weighted by molar-refractivity contribution is 7.90. The van der Waals surface area contributed by atoms with Crippen LogP contribution >= 0.6 is 0 Å². The third-order valence-electron chi connectivity index (χ3n) is 4.41. The van der Waals surface area contributed by atoms with Crippen molar-refractivity contribution in [3.8, 4) is 0 Å². The Hall–Kier alpha value is -1.56. The molecule has 1 aromatic carbocycles. The second-order valence-electron chi connectivity index (χ2n) is 6.55. The molecule has 0 saturated heterocycles. The highest BCUT2D eigenvalue weighted by Gasteiger charge is 2.23. The van der Waals surface area contributed by atoms with Gasteiger partial charge in [0, 0.05) is 25.3 Å². The highest BCUT2D eigenvalue weighted by Crippen LogP contribution is 2.32. The third-order valence-corrected chi connectivity index (χ3v) is 5.52. The number of anilines is 2. The number of para-hydroxylation sites is 2. The summed E-state index contributed by atoms with van der Waals surface area (Å²) >= 11 is 0. The average Bonchev–Trinajstić information content (AvgIpc) is 2.99. The van der Waals surface area contributed by atoms with E-state index in [1.807, 2.05) is 24.3 Å². The van der Waals surface area contributed by atoms with Crippen molar-refractivity contribution in [2.45, 2.75) is 38.6 Å². The van der Waals surface area contributed by atoms with Crippen LogP contribution in [0.2, 0.25) is 0 Å². The van der Waals surface area contributed by atoms with E-state index in [-0.39, 0.29) is 11.7 Å². The Kier molecular flexibility index (Phi) is 5.68. The third kappa shape index (κ3) is 4.96. The minimum absolute atomic E-state index is 0.139. The molecule has 1 aliphatic rings. The summed E-state index contributed by atoms with van der Waals surface area (Å²) in [7, 11) is -1.11. The van der Waals surface area contributed by atoms with Crippen LogP contribution in [0.5, 0.6) is 0 Å². The van der Waals surface area contributed by atoms with E-state index in [1.165, 1.54) is 25.7 Å². The van der Waals surface area contributed by atoms with Gasteiger partial charge in [0.15, 0.2) is 0 Å². The molecule has 1 unspecified atom stereocenters. The van der Waals surface area contributed by atoms with Crippen molar-refractivity contribution in [1.82, 2.24) is 0 Å². The van der Waals surface area contributed by atoms with Gasteiger partial charge in [0.05, 0.1) is 17.1 Å². The van der Waals surface area contributed by atoms with Crippen molar-refractivity contribution >= 4 is 27.1 Å². The van der Waals surface area contributed by atoms with Crippen LogP contribution < -0.4 is 10.2 Å². The Bertz CT molecular complexity index is 652. The number of nitrogens with one attached hydrogen (secondary N) is 1. The number of sulfone groups is 1. The van der Waals surface area contributed by atoms with Gasteiger partial charge >= 0.3 is 0 Å². The zero-order chi connectivity index (χ0) is 17.0. The van der Waals surface area contributed by atoms with Crippen LogP contribution in [-0.2, 0) is 14.6 Å². The molecule has 1 fully saturated rings. The summed E-state index contributed by atoms with van der Waals surface area (Å²) in [6.45, 7) is 1.64. The van der Waals surface area contributed by atoms with Gasteiger partial charge in [-0.1, -0.05) is 31.9 Å². The fraction of sp³-hybridized carbons (Fsp3) is 0.588. The summed E-state index contributed by atoms with van der Waals surface area (Å²) < 4.78 is 22.7. The van der Waals surface area contributed by atoms with E-state index in [0.29, 0.717) is 6.04 Å². The first-order valence-electron chi connectivity index (χ1n) is 8.08. The molecule has 0 radical (unpaired) electrons. The van der Waals surface area contributed by atoms with Gasteiger partial charge in [-0.2, -0.15) is 0 Å². The second-order valence-corrected chi connectivity index (χ2v) is 8.73. The number of benzene rings is 1. The molecule has 1 saturated carbocycles. The van der Waals surface area contributed by atoms with Crippen molar-refractivity contribution in [3.05, 3.63) is 24.3 Å². The minimum Gasteiger partial charge on any atom is -0.370 e. The maximum absolute atomic E-state index is 12.3. The van der Waals surface area contributed by atoms with E-state index in [1.54, 1.807) is 6.92 Å². The molecule has 1 aromatic rings. The first-order valence-corrected chi connectivity index (χ1v) is 10.1. The van der Waals surface area contributed by atoms with Gasteiger partial charge in [-0.3, -0.25) is 4.79 Å². The summed E-state index contributed by atoms with van der Waals surface area (Å²) in [6, 6.07) is 8.20. The molecule has 1 amide bonds. The number of carbonyl (C=O) groups excluding carboxylic acids is 1. The van der Waals surface area contributed by atoms with Gasteiger partial charge < -0.3 is 10.2 Å². The van der Waals surface area contributed by atoms with E-state index in [2.05, 4.69) is 17.3 Å². The fourth-order valence-corrected chi connectivity index (χ4v) is 4.22. The maximum Gasteiger partial charge on any atom is 0.228 e. The molecule has 6 heteroatoms. The van der Waals surface area contributed by atoms with Crippen molar-refractivity contribution in [2.24, 2.45) is 5.92 Å². The molecular weight excluding hydrogens is 312 g/mol. The summed E-state index contributed by atoms with van der Waals surface area (Å²) in [5.41, 5.74) is 1.73. The van der Waals surface area contributed by atoms with Gasteiger partial charge in [-0.15, -0.1) is 0 Å². The summed E-state index contributed by atoms with van der Waals surface area (Å²) in [5.74, 6) is -0.975. The molecule has 23 heavy (non-hydrogen) atoms. The molecule has 128 valence electrons. The van der Waals surface area contributed by atoms with Crippen molar-refractivity contribution in [3.63, 3.8) is 0 Å². The van der Waals surface area contributed by atoms with E-state index in [9.17, 15) is 13.2 Å². The molecule has 1 N–H and O–H groups in total. The number of rotatable bonds is 6. The first kappa shape index (κ1) is 17.8. The number of nitrogens with zero attached hydrogens (tertiary/aromatic N) is 1. The molecule has 2 rings (SSSR count). The Morgan fingerprint density at radius 3 is 2.52 bits per heavy atom. The van der Waals surface area contributed by atoms with Crippen LogP contribution in [0.15, 0.2) is 24.3 Å². The fourth-order valence-electron chi connectivity index (χ4n) is 3.16. The molecule has 0 heterocycles. The van der Waals surface area contributed by atoms with Crippen LogP contribution in [0, 0.1) is 5.92 Å². The van der Waals surface area contributed by atoms with E-state index in [0.717, 1.165) is 17.6 Å². The van der Waals surface area contributed by atoms with Crippen molar-refractivity contribution in [2.75, 3.05) is 29.3 Å². The Balaban J connectivity index is 2.12. The van der Waals surface area contributed by atoms with Crippen molar-refractivity contribution < 1.29 is 13.2 Å². The van der Waals surface area contributed by atoms with Crippen LogP contribution in [0.4, 0.5) is 11.4 Å². The Morgan fingerprint density at radius 1 is 1.30 bits per heavy atom. The standard InChI is InChI=1S/C17H26N2O3S/c1-13(12-23(3,21)22)17(20)18-15-10-6-7-11-16(15)19(2)14-8-4-5-9-14/h6-7,10-11,13-14H,4-5,8-9,12H2,1-3H3,(H,18,20). The molecule has 1 atom stereocenters. The van der Waals surface area contributed by atoms with Gasteiger partial charge in [-0.05, 0) is 25.0 Å². The summed E-state index contributed by atoms with van der Waals surface area (Å²) in [5, 5.41) is 2.89. The molecule has 0 aromatic heterocycles. The van der Waals surface area contributed by atoms with Gasteiger partial charge in [0.1, 0.15) is 9.84 Å². The summed E-state index contributed by atoms with van der Waals surface area (Å²) in [6.07, 6.45) is 5.98. The first-order chi connectivity index (χ1) is 10.8. The van der Waals surface area contributed by atoms with Gasteiger partial charge in [-0.25, -0.2) is 8.42 Å². The predicted octanol–water partition coefficient (Wildman–Crippen LogP) is 2.68. The number of hydrogen-bond donors (Lipinski definition) is 1. The Morgan fingerprint density at radius 2 is 1.91 bits per heavy atom. The van der Waals surface area contributed by atoms with Crippen molar-refractivity contribution in [1.29, 1.82) is 0 Å². The van der Waals surface area contributed by atoms with E-state index in [4.69, 9.17) is 0 Å².